The highest BCUT2D eigenvalue weighted by Crippen LogP contribution is 2.09. The van der Waals surface area contributed by atoms with E-state index < -0.39 is 18.3 Å². The molecule has 3 nitrogen and oxygen atoms in total. The summed E-state index contributed by atoms with van der Waals surface area (Å²) in [5, 5.41) is 0. The Hall–Kier alpha value is -0.640. The molecule has 0 aromatic rings. The van der Waals surface area contributed by atoms with Gasteiger partial charge >= 0.3 is 5.97 Å². The molecule has 0 fully saturated rings. The number of carbonyl (C=O) groups excluding carboxylic acids is 1. The Morgan fingerprint density at radius 2 is 2.08 bits per heavy atom. The molecule has 4 heteroatoms. The normalized spacial score (nSPS) is 13.9. The van der Waals surface area contributed by atoms with Gasteiger partial charge in [-0.1, -0.05) is 0 Å². The number of alkyl halides is 1. The fourth-order valence-electron chi connectivity index (χ4n) is 0.773. The maximum Gasteiger partial charge on any atom is 0.306 e. The van der Waals surface area contributed by atoms with E-state index in [9.17, 15) is 9.18 Å². The van der Waals surface area contributed by atoms with E-state index in [2.05, 4.69) is 0 Å². The summed E-state index contributed by atoms with van der Waals surface area (Å²) in [4.78, 5) is 11.1. The lowest BCUT2D eigenvalue weighted by Crippen LogP contribution is -2.27. The van der Waals surface area contributed by atoms with Gasteiger partial charge < -0.3 is 10.5 Å². The molecule has 2 N–H and O–H groups in total. The third-order valence-corrected chi connectivity index (χ3v) is 1.34. The summed E-state index contributed by atoms with van der Waals surface area (Å²) < 4.78 is 16.9. The van der Waals surface area contributed by atoms with Crippen LogP contribution in [0, 0.1) is 0 Å². The first-order valence-electron chi connectivity index (χ1n) is 4.38. The number of ether oxygens (including phenoxy) is 1. The summed E-state index contributed by atoms with van der Waals surface area (Å²) >= 11 is 0. The molecular weight excluding hydrogens is 173 g/mol. The number of rotatable bonds is 4. The summed E-state index contributed by atoms with van der Waals surface area (Å²) in [6, 6.07) is -0.549. The predicted octanol–water partition coefficient (Wildman–Crippen LogP) is 1.41. The molecule has 0 bridgehead atoms. The Kier molecular flexibility index (Phi) is 4.91. The van der Waals surface area contributed by atoms with Crippen molar-refractivity contribution in [3.63, 3.8) is 0 Å². The number of carbonyl (C=O) groups is 1. The standard InChI is InChI=1S/C9H18FNO2/c1-9(2,3)13-8(12)5-4-7(11)6-10/h7H,4-6,11H2,1-3H3. The number of hydrogen-bond acceptors (Lipinski definition) is 3. The van der Waals surface area contributed by atoms with E-state index >= 15 is 0 Å². The molecule has 0 radical (unpaired) electrons. The highest BCUT2D eigenvalue weighted by atomic mass is 19.1. The van der Waals surface area contributed by atoms with Crippen LogP contribution in [0.3, 0.4) is 0 Å². The molecule has 78 valence electrons. The smallest absolute Gasteiger partial charge is 0.306 e. The lowest BCUT2D eigenvalue weighted by molar-refractivity contribution is -0.155. The van der Waals surface area contributed by atoms with Crippen LogP contribution in [0.4, 0.5) is 4.39 Å². The molecule has 0 aliphatic heterocycles. The lowest BCUT2D eigenvalue weighted by atomic mass is 10.1. The van der Waals surface area contributed by atoms with Crippen LogP contribution < -0.4 is 5.73 Å². The van der Waals surface area contributed by atoms with Crippen molar-refractivity contribution < 1.29 is 13.9 Å². The van der Waals surface area contributed by atoms with Gasteiger partial charge in [-0.15, -0.1) is 0 Å². The minimum atomic E-state index is -0.594. The Labute approximate surface area is 78.4 Å². The van der Waals surface area contributed by atoms with Gasteiger partial charge in [0.2, 0.25) is 0 Å². The van der Waals surface area contributed by atoms with Gasteiger partial charge in [0.1, 0.15) is 12.3 Å². The van der Waals surface area contributed by atoms with Gasteiger partial charge in [0, 0.05) is 12.5 Å². The van der Waals surface area contributed by atoms with Crippen molar-refractivity contribution in [1.82, 2.24) is 0 Å². The zero-order valence-corrected chi connectivity index (χ0v) is 8.47. The fraction of sp³-hybridized carbons (Fsp3) is 0.889. The summed E-state index contributed by atoms with van der Waals surface area (Å²) in [5.74, 6) is -0.323. The van der Waals surface area contributed by atoms with E-state index in [4.69, 9.17) is 10.5 Å². The van der Waals surface area contributed by atoms with Crippen molar-refractivity contribution in [2.24, 2.45) is 5.73 Å². The van der Waals surface area contributed by atoms with Crippen molar-refractivity contribution in [2.75, 3.05) is 6.67 Å². The second kappa shape index (κ2) is 5.17. The van der Waals surface area contributed by atoms with Gasteiger partial charge in [-0.3, -0.25) is 4.79 Å². The SMILES string of the molecule is CC(C)(C)OC(=O)CCC(N)CF. The summed E-state index contributed by atoms with van der Waals surface area (Å²) in [6.45, 7) is 4.78. The predicted molar refractivity (Wildman–Crippen MR) is 49.0 cm³/mol. The second-order valence-electron chi connectivity index (χ2n) is 4.04. The summed E-state index contributed by atoms with van der Waals surface area (Å²) in [5.41, 5.74) is 4.83. The van der Waals surface area contributed by atoms with Gasteiger partial charge in [-0.25, -0.2) is 4.39 Å². The van der Waals surface area contributed by atoms with Crippen molar-refractivity contribution in [2.45, 2.75) is 45.3 Å². The van der Waals surface area contributed by atoms with E-state index in [0.29, 0.717) is 6.42 Å². The molecule has 0 aliphatic rings. The monoisotopic (exact) mass is 191 g/mol. The fourth-order valence-corrected chi connectivity index (χ4v) is 0.773. The molecule has 0 rings (SSSR count). The molecular formula is C9H18FNO2. The van der Waals surface area contributed by atoms with Gasteiger partial charge in [0.15, 0.2) is 0 Å². The van der Waals surface area contributed by atoms with Gasteiger partial charge in [0.05, 0.1) is 0 Å². The highest BCUT2D eigenvalue weighted by molar-refractivity contribution is 5.69. The van der Waals surface area contributed by atoms with Crippen molar-refractivity contribution in [3.05, 3.63) is 0 Å². The molecule has 0 saturated heterocycles. The summed E-state index contributed by atoms with van der Waals surface area (Å²) in [6.07, 6.45) is 0.522. The van der Waals surface area contributed by atoms with Crippen molar-refractivity contribution in [1.29, 1.82) is 0 Å². The number of hydrogen-bond donors (Lipinski definition) is 1. The molecule has 0 amide bonds. The van der Waals surface area contributed by atoms with Crippen LogP contribution in [-0.4, -0.2) is 24.3 Å². The largest absolute Gasteiger partial charge is 0.460 e. The quantitative estimate of drug-likeness (QED) is 0.683. The minimum Gasteiger partial charge on any atom is -0.460 e. The van der Waals surface area contributed by atoms with Crippen LogP contribution in [0.5, 0.6) is 0 Å². The van der Waals surface area contributed by atoms with Crippen LogP contribution >= 0.6 is 0 Å². The van der Waals surface area contributed by atoms with Crippen LogP contribution in [0.1, 0.15) is 33.6 Å². The third kappa shape index (κ3) is 7.71. The maximum absolute atomic E-state index is 11.9. The van der Waals surface area contributed by atoms with E-state index in [1.165, 1.54) is 0 Å². The zero-order chi connectivity index (χ0) is 10.5. The molecule has 13 heavy (non-hydrogen) atoms. The first kappa shape index (κ1) is 12.4. The number of esters is 1. The number of nitrogens with two attached hydrogens (primary N) is 1. The molecule has 0 aromatic carbocycles. The zero-order valence-electron chi connectivity index (χ0n) is 8.47. The maximum atomic E-state index is 11.9. The van der Waals surface area contributed by atoms with Crippen LogP contribution in [-0.2, 0) is 9.53 Å². The average molecular weight is 191 g/mol. The number of halogens is 1. The Bertz CT molecular complexity index is 165. The molecule has 0 heterocycles. The summed E-state index contributed by atoms with van der Waals surface area (Å²) in [7, 11) is 0. The first-order chi connectivity index (χ1) is 5.85. The van der Waals surface area contributed by atoms with Gasteiger partial charge in [-0.2, -0.15) is 0 Å². The Balaban J connectivity index is 3.64. The first-order valence-corrected chi connectivity index (χ1v) is 4.38. The average Bonchev–Trinajstić information content (AvgIpc) is 1.97. The van der Waals surface area contributed by atoms with Crippen LogP contribution in [0.15, 0.2) is 0 Å². The van der Waals surface area contributed by atoms with E-state index in [0.717, 1.165) is 0 Å². The lowest BCUT2D eigenvalue weighted by Gasteiger charge is -2.19. The van der Waals surface area contributed by atoms with Crippen molar-refractivity contribution >= 4 is 5.97 Å². The van der Waals surface area contributed by atoms with Gasteiger partial charge in [-0.05, 0) is 27.2 Å². The van der Waals surface area contributed by atoms with Crippen LogP contribution in [0.2, 0.25) is 0 Å². The van der Waals surface area contributed by atoms with Crippen LogP contribution in [0.25, 0.3) is 0 Å². The van der Waals surface area contributed by atoms with E-state index in [1.807, 2.05) is 0 Å². The Morgan fingerprint density at radius 1 is 1.54 bits per heavy atom. The molecule has 1 atom stereocenters. The van der Waals surface area contributed by atoms with E-state index in [1.54, 1.807) is 20.8 Å². The topological polar surface area (TPSA) is 52.3 Å². The van der Waals surface area contributed by atoms with E-state index in [-0.39, 0.29) is 12.4 Å². The molecule has 1 unspecified atom stereocenters. The second-order valence-corrected chi connectivity index (χ2v) is 4.04. The highest BCUT2D eigenvalue weighted by Gasteiger charge is 2.16. The third-order valence-electron chi connectivity index (χ3n) is 1.34. The van der Waals surface area contributed by atoms with Crippen molar-refractivity contribution in [3.8, 4) is 0 Å². The molecule has 0 aromatic heterocycles. The minimum absolute atomic E-state index is 0.183. The molecule has 0 saturated carbocycles. The molecule has 0 aliphatic carbocycles. The Morgan fingerprint density at radius 3 is 2.46 bits per heavy atom. The van der Waals surface area contributed by atoms with Gasteiger partial charge in [0.25, 0.3) is 0 Å². The molecule has 0 spiro atoms.